The summed E-state index contributed by atoms with van der Waals surface area (Å²) in [6, 6.07) is 13.4. The lowest BCUT2D eigenvalue weighted by molar-refractivity contribution is 0.0727. The van der Waals surface area contributed by atoms with E-state index in [1.165, 1.54) is 30.3 Å². The number of aryl methyl sites for hydroxylation is 1. The number of esters is 1. The van der Waals surface area contributed by atoms with Gasteiger partial charge in [0.25, 0.3) is 10.0 Å². The average molecular weight is 392 g/mol. The second-order valence-corrected chi connectivity index (χ2v) is 7.67. The zero-order valence-corrected chi connectivity index (χ0v) is 15.2. The molecule has 7 nitrogen and oxygen atoms in total. The molecule has 1 aromatic heterocycles. The molecule has 0 radical (unpaired) electrons. The Morgan fingerprint density at radius 1 is 1.12 bits per heavy atom. The van der Waals surface area contributed by atoms with Gasteiger partial charge in [0.15, 0.2) is 0 Å². The molecule has 134 valence electrons. The number of aromatic nitrogens is 2. The number of benzene rings is 2. The maximum atomic E-state index is 12.6. The lowest BCUT2D eigenvalue weighted by Crippen LogP contribution is -2.17. The molecule has 2 N–H and O–H groups in total. The lowest BCUT2D eigenvalue weighted by Gasteiger charge is -2.06. The second-order valence-electron chi connectivity index (χ2n) is 5.46. The average Bonchev–Trinajstić information content (AvgIpc) is 2.97. The molecule has 0 bridgehead atoms. The third-order valence-corrected chi connectivity index (χ3v) is 5.37. The quantitative estimate of drug-likeness (QED) is 0.685. The summed E-state index contributed by atoms with van der Waals surface area (Å²) in [6.07, 6.45) is 0. The van der Waals surface area contributed by atoms with E-state index in [2.05, 4.69) is 5.10 Å². The van der Waals surface area contributed by atoms with Gasteiger partial charge in [-0.05, 0) is 43.3 Å². The van der Waals surface area contributed by atoms with E-state index in [0.29, 0.717) is 14.7 Å². The van der Waals surface area contributed by atoms with Crippen LogP contribution in [0.25, 0.3) is 0 Å². The van der Waals surface area contributed by atoms with Crippen molar-refractivity contribution in [3.05, 3.63) is 70.7 Å². The number of ether oxygens (including phenoxy) is 1. The molecular weight excluding hydrogens is 378 g/mol. The van der Waals surface area contributed by atoms with Gasteiger partial charge in [-0.1, -0.05) is 29.3 Å². The van der Waals surface area contributed by atoms with E-state index < -0.39 is 16.0 Å². The summed E-state index contributed by atoms with van der Waals surface area (Å²) in [4.78, 5) is 12.1. The number of rotatable bonds is 4. The predicted octanol–water partition coefficient (Wildman–Crippen LogP) is 2.88. The molecule has 0 aliphatic heterocycles. The Balaban J connectivity index is 1.88. The molecule has 1 heterocycles. The van der Waals surface area contributed by atoms with Crippen molar-refractivity contribution in [3.8, 4) is 5.88 Å². The van der Waals surface area contributed by atoms with Gasteiger partial charge in [0.05, 0.1) is 10.5 Å². The van der Waals surface area contributed by atoms with Gasteiger partial charge in [-0.15, -0.1) is 9.19 Å². The van der Waals surface area contributed by atoms with Gasteiger partial charge < -0.3 is 10.5 Å². The number of nitrogens with zero attached hydrogens (tertiary/aromatic N) is 2. The van der Waals surface area contributed by atoms with E-state index in [-0.39, 0.29) is 16.6 Å². The molecule has 0 saturated heterocycles. The van der Waals surface area contributed by atoms with E-state index in [1.54, 1.807) is 24.3 Å². The third kappa shape index (κ3) is 3.56. The standard InChI is InChI=1S/C17H14ClN3O4S/c1-11-2-4-12(5-3-11)17(22)25-16-10-15(19)21(20-16)26(23,24)14-8-6-13(18)7-9-14/h2-10H,19H2,1H3. The highest BCUT2D eigenvalue weighted by Crippen LogP contribution is 2.23. The topological polar surface area (TPSA) is 104 Å². The fraction of sp³-hybridized carbons (Fsp3) is 0.0588. The molecular formula is C17H14ClN3O4S. The van der Waals surface area contributed by atoms with Crippen LogP contribution in [0.2, 0.25) is 5.02 Å². The fourth-order valence-electron chi connectivity index (χ4n) is 2.15. The van der Waals surface area contributed by atoms with Gasteiger partial charge in [0.2, 0.25) is 5.88 Å². The zero-order valence-electron chi connectivity index (χ0n) is 13.6. The Morgan fingerprint density at radius 3 is 2.35 bits per heavy atom. The summed E-state index contributed by atoms with van der Waals surface area (Å²) in [5.41, 5.74) is 7.03. The normalized spacial score (nSPS) is 11.3. The van der Waals surface area contributed by atoms with Crippen LogP contribution in [-0.4, -0.2) is 23.6 Å². The van der Waals surface area contributed by atoms with Crippen LogP contribution in [0.3, 0.4) is 0 Å². The van der Waals surface area contributed by atoms with Crippen molar-refractivity contribution in [1.82, 2.24) is 9.19 Å². The van der Waals surface area contributed by atoms with E-state index in [9.17, 15) is 13.2 Å². The number of nitrogen functional groups attached to an aromatic ring is 1. The number of hydrogen-bond donors (Lipinski definition) is 1. The minimum absolute atomic E-state index is 0.0480. The summed E-state index contributed by atoms with van der Waals surface area (Å²) in [5, 5.41) is 4.18. The van der Waals surface area contributed by atoms with Crippen LogP contribution in [0.15, 0.2) is 59.5 Å². The second kappa shape index (κ2) is 6.81. The van der Waals surface area contributed by atoms with Gasteiger partial charge in [-0.2, -0.15) is 8.42 Å². The molecule has 0 spiro atoms. The number of nitrogens with two attached hydrogens (primary N) is 1. The maximum absolute atomic E-state index is 12.6. The van der Waals surface area contributed by atoms with Crippen molar-refractivity contribution in [3.63, 3.8) is 0 Å². The highest BCUT2D eigenvalue weighted by molar-refractivity contribution is 7.90. The van der Waals surface area contributed by atoms with Crippen molar-refractivity contribution in [1.29, 1.82) is 0 Å². The van der Waals surface area contributed by atoms with Crippen LogP contribution in [0.1, 0.15) is 15.9 Å². The molecule has 0 unspecified atom stereocenters. The first-order valence-corrected chi connectivity index (χ1v) is 9.25. The van der Waals surface area contributed by atoms with Gasteiger partial charge in [0.1, 0.15) is 5.82 Å². The van der Waals surface area contributed by atoms with Crippen molar-refractivity contribution < 1.29 is 17.9 Å². The Bertz CT molecular complexity index is 1060. The molecule has 3 rings (SSSR count). The molecule has 2 aromatic carbocycles. The van der Waals surface area contributed by atoms with Gasteiger partial charge in [0, 0.05) is 11.1 Å². The number of anilines is 1. The minimum atomic E-state index is -4.04. The maximum Gasteiger partial charge on any atom is 0.344 e. The Morgan fingerprint density at radius 2 is 1.73 bits per heavy atom. The summed E-state index contributed by atoms with van der Waals surface area (Å²) < 4.78 is 30.9. The van der Waals surface area contributed by atoms with E-state index in [0.717, 1.165) is 5.56 Å². The summed E-state index contributed by atoms with van der Waals surface area (Å²) in [7, 11) is -4.04. The highest BCUT2D eigenvalue weighted by atomic mass is 35.5. The first kappa shape index (κ1) is 18.0. The highest BCUT2D eigenvalue weighted by Gasteiger charge is 2.23. The number of carbonyl (C=O) groups excluding carboxylic acids is 1. The van der Waals surface area contributed by atoms with E-state index in [4.69, 9.17) is 22.1 Å². The largest absolute Gasteiger partial charge is 0.402 e. The van der Waals surface area contributed by atoms with Crippen molar-refractivity contribution in [2.24, 2.45) is 0 Å². The molecule has 0 saturated carbocycles. The summed E-state index contributed by atoms with van der Waals surface area (Å²) in [5.74, 6) is -1.07. The summed E-state index contributed by atoms with van der Waals surface area (Å²) in [6.45, 7) is 1.89. The molecule has 0 fully saturated rings. The summed E-state index contributed by atoms with van der Waals surface area (Å²) >= 11 is 5.77. The Hall–Kier alpha value is -2.84. The van der Waals surface area contributed by atoms with E-state index in [1.807, 2.05) is 6.92 Å². The number of hydrogen-bond acceptors (Lipinski definition) is 6. The van der Waals surface area contributed by atoms with Crippen molar-refractivity contribution >= 4 is 33.4 Å². The lowest BCUT2D eigenvalue weighted by atomic mass is 10.1. The SMILES string of the molecule is Cc1ccc(C(=O)Oc2cc(N)n(S(=O)(=O)c3ccc(Cl)cc3)n2)cc1. The van der Waals surface area contributed by atoms with E-state index >= 15 is 0 Å². The number of halogens is 1. The molecule has 26 heavy (non-hydrogen) atoms. The predicted molar refractivity (Wildman–Crippen MR) is 96.8 cm³/mol. The van der Waals surface area contributed by atoms with Gasteiger partial charge in [-0.3, -0.25) is 0 Å². The van der Waals surface area contributed by atoms with Gasteiger partial charge >= 0.3 is 5.97 Å². The molecule has 9 heteroatoms. The van der Waals surface area contributed by atoms with Crippen LogP contribution in [0, 0.1) is 6.92 Å². The number of carbonyl (C=O) groups is 1. The molecule has 0 aliphatic rings. The van der Waals surface area contributed by atoms with Crippen molar-refractivity contribution in [2.75, 3.05) is 5.73 Å². The van der Waals surface area contributed by atoms with Crippen LogP contribution in [0.5, 0.6) is 5.88 Å². The van der Waals surface area contributed by atoms with Crippen molar-refractivity contribution in [2.45, 2.75) is 11.8 Å². The van der Waals surface area contributed by atoms with Gasteiger partial charge in [-0.25, -0.2) is 4.79 Å². The smallest absolute Gasteiger partial charge is 0.344 e. The molecule has 0 aliphatic carbocycles. The van der Waals surface area contributed by atoms with Crippen LogP contribution in [-0.2, 0) is 10.0 Å². The third-order valence-electron chi connectivity index (χ3n) is 3.51. The first-order valence-electron chi connectivity index (χ1n) is 7.43. The molecule has 0 atom stereocenters. The minimum Gasteiger partial charge on any atom is -0.402 e. The Kier molecular flexibility index (Phi) is 4.71. The van der Waals surface area contributed by atoms with Crippen LogP contribution >= 0.6 is 11.6 Å². The zero-order chi connectivity index (χ0) is 18.9. The monoisotopic (exact) mass is 391 g/mol. The molecule has 3 aromatic rings. The first-order chi connectivity index (χ1) is 12.3. The Labute approximate surface area is 155 Å². The van der Waals surface area contributed by atoms with Crippen LogP contribution < -0.4 is 10.5 Å². The fourth-order valence-corrected chi connectivity index (χ4v) is 3.47. The molecule has 0 amide bonds. The van der Waals surface area contributed by atoms with Crippen LogP contribution in [0.4, 0.5) is 5.82 Å².